The Hall–Kier alpha value is -8.83. The van der Waals surface area contributed by atoms with E-state index in [1.807, 2.05) is 0 Å². The number of esters is 3. The summed E-state index contributed by atoms with van der Waals surface area (Å²) in [5.41, 5.74) is 2.77. The van der Waals surface area contributed by atoms with Crippen molar-refractivity contribution in [1.29, 1.82) is 0 Å². The minimum atomic E-state index is -4.03. The summed E-state index contributed by atoms with van der Waals surface area (Å²) in [6, 6.07) is 12.7. The van der Waals surface area contributed by atoms with Gasteiger partial charge < -0.3 is 28.9 Å². The number of hydrogen-bond donors (Lipinski definition) is 4. The Morgan fingerprint density at radius 3 is 1.32 bits per heavy atom. The molecule has 5 N–H and O–H groups in total. The number of sulfonamides is 2. The van der Waals surface area contributed by atoms with Crippen LogP contribution in [0.2, 0.25) is 15.1 Å². The van der Waals surface area contributed by atoms with Crippen molar-refractivity contribution in [2.75, 3.05) is 41.0 Å². The van der Waals surface area contributed by atoms with Crippen molar-refractivity contribution in [3.05, 3.63) is 236 Å². The maximum atomic E-state index is 14.2. The van der Waals surface area contributed by atoms with E-state index in [1.165, 1.54) is 122 Å². The number of aliphatic imine (C=N–C) groups is 3. The quantitative estimate of drug-likeness (QED) is 0.0287. The second kappa shape index (κ2) is 31.1. The fourth-order valence-corrected chi connectivity index (χ4v) is 18.0. The van der Waals surface area contributed by atoms with Crippen LogP contribution < -0.4 is 19.3 Å². The summed E-state index contributed by atoms with van der Waals surface area (Å²) in [5.74, 6) is -4.28. The van der Waals surface area contributed by atoms with Crippen LogP contribution in [0, 0.1) is 23.3 Å². The molecule has 542 valence electrons. The normalized spacial score (nSPS) is 20.1. The zero-order valence-electron chi connectivity index (χ0n) is 53.9. The van der Waals surface area contributed by atoms with E-state index in [1.54, 1.807) is 61.6 Å². The number of nitrogens with zero attached hydrogens (tertiary/aromatic N) is 11. The molecule has 0 saturated carbocycles. The number of thiazole rings is 3. The lowest BCUT2D eigenvalue weighted by Crippen LogP contribution is -2.42. The van der Waals surface area contributed by atoms with Crippen LogP contribution in [0.1, 0.15) is 69.1 Å². The number of fused-ring (bicyclic) bond motifs is 3. The van der Waals surface area contributed by atoms with E-state index >= 15 is 0 Å². The molecule has 104 heavy (non-hydrogen) atoms. The van der Waals surface area contributed by atoms with E-state index in [0.717, 1.165) is 18.2 Å². The number of nitrogens with two attached hydrogens (primary N) is 1. The van der Waals surface area contributed by atoms with Crippen LogP contribution in [0.4, 0.5) is 17.6 Å². The van der Waals surface area contributed by atoms with E-state index in [2.05, 4.69) is 44.1 Å². The first-order valence-electron chi connectivity index (χ1n) is 30.6. The van der Waals surface area contributed by atoms with Crippen molar-refractivity contribution in [1.82, 2.24) is 53.8 Å². The van der Waals surface area contributed by atoms with Crippen LogP contribution in [-0.4, -0.2) is 159 Å². The van der Waals surface area contributed by atoms with Gasteiger partial charge in [-0.3, -0.25) is 20.0 Å². The van der Waals surface area contributed by atoms with Crippen molar-refractivity contribution in [3.63, 3.8) is 0 Å². The summed E-state index contributed by atoms with van der Waals surface area (Å²) in [4.78, 5) is 79.0. The summed E-state index contributed by atoms with van der Waals surface area (Å²) in [5, 5.41) is 11.6. The van der Waals surface area contributed by atoms with Gasteiger partial charge in [-0.25, -0.2) is 83.3 Å². The van der Waals surface area contributed by atoms with Gasteiger partial charge in [0.15, 0.2) is 49.2 Å². The van der Waals surface area contributed by atoms with Crippen LogP contribution >= 0.6 is 68.8 Å². The highest BCUT2D eigenvalue weighted by Gasteiger charge is 2.47. The third kappa shape index (κ3) is 15.8. The Labute approximate surface area is 617 Å². The number of benzene rings is 3. The summed E-state index contributed by atoms with van der Waals surface area (Å²) in [6.45, 7) is 0.519. The third-order valence-electron chi connectivity index (χ3n) is 16.6. The number of hydrogen-bond acceptors (Lipinski definition) is 26. The number of amidine groups is 3. The van der Waals surface area contributed by atoms with Crippen molar-refractivity contribution in [2.45, 2.75) is 65.4 Å². The second-order valence-electron chi connectivity index (χ2n) is 23.0. The Balaban J connectivity index is 0.000000147. The molecule has 0 unspecified atom stereocenters. The molecule has 6 atom stereocenters. The molecule has 0 amide bonds. The smallest absolute Gasteiger partial charge is 0.338 e. The molecular weight excluding hydrogens is 1550 g/mol. The highest BCUT2D eigenvalue weighted by molar-refractivity contribution is 7.89. The molecule has 0 spiro atoms. The zero-order chi connectivity index (χ0) is 74.1. The molecule has 0 bridgehead atoms. The van der Waals surface area contributed by atoms with Gasteiger partial charge in [-0.15, -0.1) is 34.0 Å². The Morgan fingerprint density at radius 1 is 0.519 bits per heavy atom. The summed E-state index contributed by atoms with van der Waals surface area (Å²) in [6.07, 6.45) is 9.38. The van der Waals surface area contributed by atoms with Gasteiger partial charge in [-0.1, -0.05) is 59.1 Å². The fourth-order valence-electron chi connectivity index (χ4n) is 12.3. The van der Waals surface area contributed by atoms with Gasteiger partial charge in [-0.2, -0.15) is 13.1 Å². The SMILES string of the molecule is COC(=O)C1=C2C[C@H](NS(=O)(=O)c3ccccn3)CN2C(c2nccs2)=N[C@H]1c1ccc(F)cc1Cl.COC(=O)C1=C2C[C@H](NS(=O)(=O)c3cccnc3)CN2C(c2nccs2)=N[C@H]1c1ccc(F)cc1Cl.COC(=O)C1=C2C[C@H](NS(N)(=O)=O)CN2C(c2nccs2)=N[C@H]1c1ccc(F)c(F)c1Cl. The maximum absolute atomic E-state index is 14.2. The highest BCUT2D eigenvalue weighted by Crippen LogP contribution is 2.47. The monoisotopic (exact) mass is 1600 g/mol. The number of carbonyl (C=O) groups is 3. The molecular formula is C64H54Cl3F4N15O12S6. The van der Waals surface area contributed by atoms with E-state index in [9.17, 15) is 57.2 Å². The van der Waals surface area contributed by atoms with Gasteiger partial charge in [0.25, 0.3) is 20.2 Å². The van der Waals surface area contributed by atoms with Gasteiger partial charge in [0.05, 0.1) is 43.1 Å². The molecule has 6 aliphatic rings. The minimum absolute atomic E-state index is 0.0273. The fraction of sp³-hybridized carbons (Fsp3) is 0.234. The van der Waals surface area contributed by atoms with E-state index < -0.39 is 113 Å². The summed E-state index contributed by atoms with van der Waals surface area (Å²) < 4.78 is 153. The van der Waals surface area contributed by atoms with Crippen LogP contribution in [0.15, 0.2) is 191 Å². The molecule has 8 aromatic rings. The average Bonchev–Trinajstić information content (AvgIpc) is 1.51. The van der Waals surface area contributed by atoms with E-state index in [4.69, 9.17) is 64.1 Å². The molecule has 27 nitrogen and oxygen atoms in total. The van der Waals surface area contributed by atoms with Crippen molar-refractivity contribution in [2.24, 2.45) is 20.1 Å². The summed E-state index contributed by atoms with van der Waals surface area (Å²) in [7, 11) is -8.15. The van der Waals surface area contributed by atoms with Crippen LogP contribution in [0.25, 0.3) is 0 Å². The minimum Gasteiger partial charge on any atom is -0.466 e. The van der Waals surface area contributed by atoms with Crippen molar-refractivity contribution < 1.29 is 71.4 Å². The molecule has 11 heterocycles. The Kier molecular flexibility index (Phi) is 22.4. The first-order valence-corrected chi connectivity index (χ1v) is 38.8. The standard InChI is InChI=1S/2C23H19ClFN5O4S2.C18H16ClF2N5O4S2/c1-34-23(31)19-18-10-14(29-36(32,33)15-3-2-6-26-11-15)12-30(18)21(22-27-7-8-35-22)28-20(19)16-5-4-13(25)9-17(16)24;1-34-23(31)19-17-11-14(29-36(32,33)18-4-2-3-7-26-18)12-30(17)21(22-27-8-9-35-22)28-20(19)15-6-5-13(25)10-16(15)24;1-30-18(27)12-11-6-8(25-32(22,28)29)7-26(11)16(17-23-4-5-31-17)24-15(12)9-2-3-10(20)14(21)13(9)19/h2-9,11,14,20,29H,10,12H2,1H3;2-10,14,20,29H,11-12H2,1H3;2-5,8,15,25H,6-7H2,1H3,(H2,22,28,29)/t2*14-,20-;8-,15-/m000/s1. The predicted octanol–water partition coefficient (Wildman–Crippen LogP) is 8.49. The van der Waals surface area contributed by atoms with Gasteiger partial charge >= 0.3 is 17.9 Å². The number of rotatable bonds is 17. The summed E-state index contributed by atoms with van der Waals surface area (Å²) >= 11 is 22.8. The number of halogens is 7. The topological polar surface area (TPSA) is 355 Å². The molecule has 14 rings (SSSR count). The Bertz CT molecular complexity index is 5000. The lowest BCUT2D eigenvalue weighted by atomic mass is 9.94. The lowest BCUT2D eigenvalue weighted by Gasteiger charge is -2.31. The first-order chi connectivity index (χ1) is 49.7. The number of pyridine rings is 2. The number of carbonyl (C=O) groups excluding carboxylic acids is 3. The molecule has 3 saturated heterocycles. The van der Waals surface area contributed by atoms with Gasteiger partial charge in [0.1, 0.15) is 34.7 Å². The van der Waals surface area contributed by atoms with Gasteiger partial charge in [0, 0.05) is 154 Å². The zero-order valence-corrected chi connectivity index (χ0v) is 61.1. The van der Waals surface area contributed by atoms with Gasteiger partial charge in [-0.05, 0) is 54.6 Å². The molecule has 6 aliphatic heterocycles. The van der Waals surface area contributed by atoms with Crippen LogP contribution in [0.3, 0.4) is 0 Å². The van der Waals surface area contributed by atoms with Crippen molar-refractivity contribution in [3.8, 4) is 0 Å². The highest BCUT2D eigenvalue weighted by atomic mass is 35.5. The molecule has 3 aromatic carbocycles. The second-order valence-corrected chi connectivity index (χ2v) is 31.6. The molecule has 40 heteroatoms. The maximum Gasteiger partial charge on any atom is 0.338 e. The largest absolute Gasteiger partial charge is 0.466 e. The molecule has 0 radical (unpaired) electrons. The lowest BCUT2D eigenvalue weighted by molar-refractivity contribution is -0.137. The van der Waals surface area contributed by atoms with Crippen molar-refractivity contribution >= 4 is 134 Å². The first kappa shape index (κ1) is 74.9. The van der Waals surface area contributed by atoms with Crippen LogP contribution in [-0.2, 0) is 58.9 Å². The number of aromatic nitrogens is 5. The van der Waals surface area contributed by atoms with Gasteiger partial charge in [0.2, 0.25) is 10.0 Å². The molecule has 5 aromatic heterocycles. The predicted molar refractivity (Wildman–Crippen MR) is 376 cm³/mol. The van der Waals surface area contributed by atoms with E-state index in [-0.39, 0.29) is 81.1 Å². The number of nitrogens with one attached hydrogen (secondary N) is 3. The van der Waals surface area contributed by atoms with Crippen LogP contribution in [0.5, 0.6) is 0 Å². The number of methoxy groups -OCH3 is 3. The van der Waals surface area contributed by atoms with E-state index in [0.29, 0.717) is 60.7 Å². The number of ether oxygens (including phenoxy) is 3. The molecule has 3 fully saturated rings. The average molecular weight is 1600 g/mol. The molecule has 0 aliphatic carbocycles. The Morgan fingerprint density at radius 2 is 0.942 bits per heavy atom. The third-order valence-corrected chi connectivity index (χ3v) is 23.5.